The SMILES string of the molecule is O=[N+]([O-])c1cnn(C2CCC(N3CCOCC3)CC2)c1Cl. The van der Waals surface area contributed by atoms with Crippen molar-refractivity contribution < 1.29 is 9.66 Å². The maximum atomic E-state index is 10.8. The molecule has 1 saturated carbocycles. The summed E-state index contributed by atoms with van der Waals surface area (Å²) in [6, 6.07) is 0.762. The molecule has 0 aromatic carbocycles. The molecule has 0 atom stereocenters. The predicted octanol–water partition coefficient (Wildman–Crippen LogP) is 2.26. The van der Waals surface area contributed by atoms with E-state index in [0.29, 0.717) is 6.04 Å². The smallest absolute Gasteiger partial charge is 0.325 e. The van der Waals surface area contributed by atoms with E-state index in [1.165, 1.54) is 6.20 Å². The average molecular weight is 315 g/mol. The molecule has 1 aromatic rings. The summed E-state index contributed by atoms with van der Waals surface area (Å²) in [6.45, 7) is 3.64. The molecule has 0 unspecified atom stereocenters. The zero-order valence-electron chi connectivity index (χ0n) is 11.8. The van der Waals surface area contributed by atoms with Crippen molar-refractivity contribution in [2.75, 3.05) is 26.3 Å². The van der Waals surface area contributed by atoms with Crippen LogP contribution in [0.1, 0.15) is 31.7 Å². The van der Waals surface area contributed by atoms with E-state index < -0.39 is 4.92 Å². The van der Waals surface area contributed by atoms with Gasteiger partial charge in [-0.05, 0) is 25.7 Å². The summed E-state index contributed by atoms with van der Waals surface area (Å²) in [7, 11) is 0. The van der Waals surface area contributed by atoms with Crippen molar-refractivity contribution in [3.8, 4) is 0 Å². The number of hydrogen-bond donors (Lipinski definition) is 0. The third-order valence-electron chi connectivity index (χ3n) is 4.49. The Morgan fingerprint density at radius 1 is 1.24 bits per heavy atom. The summed E-state index contributed by atoms with van der Waals surface area (Å²) in [5.41, 5.74) is -0.105. The molecule has 1 aromatic heterocycles. The summed E-state index contributed by atoms with van der Waals surface area (Å²) < 4.78 is 7.01. The molecule has 0 amide bonds. The first-order chi connectivity index (χ1) is 10.2. The first-order valence-electron chi connectivity index (χ1n) is 7.36. The molecule has 3 rings (SSSR count). The Kier molecular flexibility index (Phi) is 4.42. The lowest BCUT2D eigenvalue weighted by atomic mass is 9.90. The number of hydrogen-bond acceptors (Lipinski definition) is 5. The molecule has 2 heterocycles. The van der Waals surface area contributed by atoms with Gasteiger partial charge >= 0.3 is 5.69 Å². The zero-order valence-corrected chi connectivity index (χ0v) is 12.5. The Morgan fingerprint density at radius 3 is 2.43 bits per heavy atom. The van der Waals surface area contributed by atoms with Crippen molar-refractivity contribution in [2.45, 2.75) is 37.8 Å². The van der Waals surface area contributed by atoms with E-state index in [9.17, 15) is 10.1 Å². The number of ether oxygens (including phenoxy) is 1. The van der Waals surface area contributed by atoms with Crippen LogP contribution in [-0.2, 0) is 4.74 Å². The van der Waals surface area contributed by atoms with E-state index >= 15 is 0 Å². The van der Waals surface area contributed by atoms with Crippen LogP contribution in [0, 0.1) is 10.1 Å². The third-order valence-corrected chi connectivity index (χ3v) is 4.85. The van der Waals surface area contributed by atoms with Gasteiger partial charge in [0.1, 0.15) is 6.20 Å². The molecular formula is C13H19ClN4O3. The number of rotatable bonds is 3. The number of nitrogens with zero attached hydrogens (tertiary/aromatic N) is 4. The quantitative estimate of drug-likeness (QED) is 0.632. The van der Waals surface area contributed by atoms with Crippen LogP contribution in [0.15, 0.2) is 6.20 Å². The van der Waals surface area contributed by atoms with Crippen molar-refractivity contribution in [1.29, 1.82) is 0 Å². The minimum Gasteiger partial charge on any atom is -0.379 e. The van der Waals surface area contributed by atoms with E-state index in [2.05, 4.69) is 10.00 Å². The van der Waals surface area contributed by atoms with E-state index in [1.807, 2.05) is 0 Å². The predicted molar refractivity (Wildman–Crippen MR) is 77.6 cm³/mol. The van der Waals surface area contributed by atoms with Gasteiger partial charge in [0, 0.05) is 19.1 Å². The Hall–Kier alpha value is -1.18. The fourth-order valence-electron chi connectivity index (χ4n) is 3.33. The van der Waals surface area contributed by atoms with Gasteiger partial charge in [0.2, 0.25) is 5.15 Å². The van der Waals surface area contributed by atoms with Gasteiger partial charge in [-0.2, -0.15) is 5.10 Å². The Bertz CT molecular complexity index is 508. The largest absolute Gasteiger partial charge is 0.379 e. The van der Waals surface area contributed by atoms with Crippen molar-refractivity contribution in [2.24, 2.45) is 0 Å². The molecular weight excluding hydrogens is 296 g/mol. The van der Waals surface area contributed by atoms with Crippen LogP contribution in [-0.4, -0.2) is 51.9 Å². The zero-order chi connectivity index (χ0) is 14.8. The summed E-state index contributed by atoms with van der Waals surface area (Å²) in [6.07, 6.45) is 5.32. The number of morpholine rings is 1. The standard InChI is InChI=1S/C13H19ClN4O3/c14-13-12(18(19)20)9-15-17(13)11-3-1-10(2-4-11)16-5-7-21-8-6-16/h9-11H,1-8H2. The van der Waals surface area contributed by atoms with E-state index in [4.69, 9.17) is 16.3 Å². The normalized spacial score (nSPS) is 27.7. The van der Waals surface area contributed by atoms with Crippen molar-refractivity contribution in [3.63, 3.8) is 0 Å². The lowest BCUT2D eigenvalue weighted by molar-refractivity contribution is -0.384. The van der Waals surface area contributed by atoms with Gasteiger partial charge in [-0.3, -0.25) is 15.0 Å². The molecule has 8 heteroatoms. The Labute approximate surface area is 128 Å². The van der Waals surface area contributed by atoms with Gasteiger partial charge in [0.25, 0.3) is 0 Å². The summed E-state index contributed by atoms with van der Waals surface area (Å²) in [5, 5.41) is 15.1. The topological polar surface area (TPSA) is 73.4 Å². The number of halogens is 1. The molecule has 1 saturated heterocycles. The summed E-state index contributed by atoms with van der Waals surface area (Å²) in [5.74, 6) is 0. The van der Waals surface area contributed by atoms with Gasteiger partial charge in [-0.1, -0.05) is 11.6 Å². The third kappa shape index (κ3) is 3.04. The lowest BCUT2D eigenvalue weighted by Gasteiger charge is -2.38. The highest BCUT2D eigenvalue weighted by Gasteiger charge is 2.30. The van der Waals surface area contributed by atoms with Crippen molar-refractivity contribution in [1.82, 2.24) is 14.7 Å². The fourth-order valence-corrected chi connectivity index (χ4v) is 3.63. The monoisotopic (exact) mass is 314 g/mol. The van der Waals surface area contributed by atoms with Gasteiger partial charge in [0.05, 0.1) is 24.2 Å². The molecule has 0 N–H and O–H groups in total. The van der Waals surface area contributed by atoms with Crippen LogP contribution in [0.5, 0.6) is 0 Å². The van der Waals surface area contributed by atoms with Crippen molar-refractivity contribution >= 4 is 17.3 Å². The second kappa shape index (κ2) is 6.29. The van der Waals surface area contributed by atoms with Gasteiger partial charge < -0.3 is 4.74 Å². The first-order valence-corrected chi connectivity index (χ1v) is 7.74. The summed E-state index contributed by atoms with van der Waals surface area (Å²) in [4.78, 5) is 12.8. The minimum absolute atomic E-state index is 0.105. The Morgan fingerprint density at radius 2 is 1.86 bits per heavy atom. The Balaban J connectivity index is 1.61. The van der Waals surface area contributed by atoms with Crippen LogP contribution < -0.4 is 0 Å². The maximum Gasteiger partial charge on any atom is 0.325 e. The van der Waals surface area contributed by atoms with Crippen LogP contribution in [0.25, 0.3) is 0 Å². The molecule has 1 aliphatic heterocycles. The van der Waals surface area contributed by atoms with Gasteiger partial charge in [-0.15, -0.1) is 0 Å². The maximum absolute atomic E-state index is 10.8. The molecule has 21 heavy (non-hydrogen) atoms. The van der Waals surface area contributed by atoms with Gasteiger partial charge in [0.15, 0.2) is 0 Å². The molecule has 0 radical (unpaired) electrons. The highest BCUT2D eigenvalue weighted by atomic mass is 35.5. The van der Waals surface area contributed by atoms with E-state index in [1.54, 1.807) is 4.68 Å². The van der Waals surface area contributed by atoms with Gasteiger partial charge in [-0.25, -0.2) is 4.68 Å². The second-order valence-corrected chi connectivity index (χ2v) is 5.99. The van der Waals surface area contributed by atoms with Crippen molar-refractivity contribution in [3.05, 3.63) is 21.5 Å². The number of aromatic nitrogens is 2. The molecule has 2 fully saturated rings. The highest BCUT2D eigenvalue weighted by molar-refractivity contribution is 6.31. The van der Waals surface area contributed by atoms with Crippen LogP contribution in [0.3, 0.4) is 0 Å². The molecule has 0 spiro atoms. The highest BCUT2D eigenvalue weighted by Crippen LogP contribution is 2.35. The lowest BCUT2D eigenvalue weighted by Crippen LogP contribution is -2.45. The van der Waals surface area contributed by atoms with Crippen LogP contribution in [0.4, 0.5) is 5.69 Å². The summed E-state index contributed by atoms with van der Waals surface area (Å²) >= 11 is 6.07. The first kappa shape index (κ1) is 14.7. The average Bonchev–Trinajstić information content (AvgIpc) is 2.90. The molecule has 1 aliphatic carbocycles. The van der Waals surface area contributed by atoms with Crippen LogP contribution >= 0.6 is 11.6 Å². The minimum atomic E-state index is -0.481. The molecule has 0 bridgehead atoms. The van der Waals surface area contributed by atoms with E-state index in [-0.39, 0.29) is 16.9 Å². The second-order valence-electron chi connectivity index (χ2n) is 5.63. The van der Waals surface area contributed by atoms with Crippen LogP contribution in [0.2, 0.25) is 5.15 Å². The molecule has 116 valence electrons. The van der Waals surface area contributed by atoms with E-state index in [0.717, 1.165) is 52.0 Å². The number of nitro groups is 1. The molecule has 2 aliphatic rings. The fraction of sp³-hybridized carbons (Fsp3) is 0.769. The molecule has 7 nitrogen and oxygen atoms in total.